The van der Waals surface area contributed by atoms with Crippen LogP contribution in [0.3, 0.4) is 0 Å². The van der Waals surface area contributed by atoms with E-state index in [1.807, 2.05) is 57.3 Å². The zero-order valence-electron chi connectivity index (χ0n) is 11.8. The van der Waals surface area contributed by atoms with Crippen LogP contribution in [0.5, 0.6) is 0 Å². The molecule has 0 aliphatic carbocycles. The molecule has 0 atom stereocenters. The highest BCUT2D eigenvalue weighted by Gasteiger charge is 2.04. The number of urea groups is 1. The summed E-state index contributed by atoms with van der Waals surface area (Å²) in [4.78, 5) is 14.8. The molecule has 0 aliphatic heterocycles. The molecule has 5 nitrogen and oxygen atoms in total. The number of nitrogens with one attached hydrogen (secondary N) is 3. The van der Waals surface area contributed by atoms with E-state index in [2.05, 4.69) is 20.8 Å². The second-order valence-corrected chi connectivity index (χ2v) is 4.67. The van der Waals surface area contributed by atoms with Crippen molar-refractivity contribution < 1.29 is 4.79 Å². The Kier molecular flexibility index (Phi) is 4.20. The fourth-order valence-corrected chi connectivity index (χ4v) is 1.85. The van der Waals surface area contributed by atoms with Gasteiger partial charge in [-0.25, -0.2) is 10.2 Å². The molecule has 20 heavy (non-hydrogen) atoms. The van der Waals surface area contributed by atoms with Gasteiger partial charge in [-0.1, -0.05) is 17.7 Å². The molecular weight excluding hydrogens is 252 g/mol. The minimum absolute atomic E-state index is 0.358. The smallest absolute Gasteiger partial charge is 0.339 e. The molecule has 0 saturated carbocycles. The average molecular weight is 270 g/mol. The quantitative estimate of drug-likeness (QED) is 0.582. The number of benzene rings is 1. The van der Waals surface area contributed by atoms with Crippen LogP contribution in [0.1, 0.15) is 23.7 Å². The first-order chi connectivity index (χ1) is 9.56. The molecule has 0 unspecified atom stereocenters. The molecule has 0 saturated heterocycles. The Hall–Kier alpha value is -2.56. The van der Waals surface area contributed by atoms with Gasteiger partial charge in [0.05, 0.1) is 11.4 Å². The van der Waals surface area contributed by atoms with Crippen molar-refractivity contribution in [2.24, 2.45) is 5.10 Å². The molecule has 3 N–H and O–H groups in total. The Morgan fingerprint density at radius 2 is 2.05 bits per heavy atom. The molecule has 2 aromatic rings. The molecule has 0 fully saturated rings. The zero-order valence-corrected chi connectivity index (χ0v) is 11.8. The average Bonchev–Trinajstić information content (AvgIpc) is 2.93. The van der Waals surface area contributed by atoms with E-state index < -0.39 is 0 Å². The van der Waals surface area contributed by atoms with Crippen LogP contribution >= 0.6 is 0 Å². The highest BCUT2D eigenvalue weighted by Crippen LogP contribution is 2.15. The highest BCUT2D eigenvalue weighted by atomic mass is 16.2. The minimum atomic E-state index is -0.358. The number of carbonyl (C=O) groups excluding carboxylic acids is 1. The summed E-state index contributed by atoms with van der Waals surface area (Å²) in [7, 11) is 0. The first-order valence-corrected chi connectivity index (χ1v) is 6.38. The van der Waals surface area contributed by atoms with Crippen LogP contribution in [0.2, 0.25) is 0 Å². The van der Waals surface area contributed by atoms with Gasteiger partial charge in [0.2, 0.25) is 0 Å². The summed E-state index contributed by atoms with van der Waals surface area (Å²) in [6, 6.07) is 9.26. The van der Waals surface area contributed by atoms with Crippen molar-refractivity contribution in [3.63, 3.8) is 0 Å². The summed E-state index contributed by atoms with van der Waals surface area (Å²) >= 11 is 0. The molecule has 0 bridgehead atoms. The van der Waals surface area contributed by atoms with Crippen molar-refractivity contribution in [1.82, 2.24) is 10.4 Å². The summed E-state index contributed by atoms with van der Waals surface area (Å²) in [5, 5.41) is 6.80. The van der Waals surface area contributed by atoms with Crippen LogP contribution in [0.25, 0.3) is 0 Å². The number of aromatic nitrogens is 1. The third kappa shape index (κ3) is 3.47. The van der Waals surface area contributed by atoms with Gasteiger partial charge in [-0.15, -0.1) is 0 Å². The van der Waals surface area contributed by atoms with E-state index in [9.17, 15) is 4.79 Å². The summed E-state index contributed by atoms with van der Waals surface area (Å²) in [5.41, 5.74) is 7.02. The van der Waals surface area contributed by atoms with E-state index in [1.165, 1.54) is 0 Å². The lowest BCUT2D eigenvalue weighted by Gasteiger charge is -2.08. The molecule has 2 amide bonds. The summed E-state index contributed by atoms with van der Waals surface area (Å²) in [6.45, 7) is 5.79. The Bertz CT molecular complexity index is 629. The Morgan fingerprint density at radius 3 is 2.70 bits per heavy atom. The molecule has 0 spiro atoms. The molecule has 1 aromatic carbocycles. The number of nitrogens with zero attached hydrogens (tertiary/aromatic N) is 1. The standard InChI is InChI=1S/C15H18N4O/c1-10-6-7-13(11(2)9-10)17-15(20)19-18-12(3)14-5-4-8-16-14/h4-9,16H,1-3H3,(H2,17,19,20). The number of aromatic amines is 1. The van der Waals surface area contributed by atoms with Crippen LogP contribution in [0, 0.1) is 13.8 Å². The fraction of sp³-hybridized carbons (Fsp3) is 0.200. The number of hydrazone groups is 1. The first kappa shape index (κ1) is 13.9. The maximum Gasteiger partial charge on any atom is 0.339 e. The number of hydrogen-bond donors (Lipinski definition) is 3. The second kappa shape index (κ2) is 6.06. The van der Waals surface area contributed by atoms with Crippen molar-refractivity contribution in [3.05, 3.63) is 53.3 Å². The fourth-order valence-electron chi connectivity index (χ4n) is 1.85. The normalized spacial score (nSPS) is 11.2. The lowest BCUT2D eigenvalue weighted by atomic mass is 10.1. The van der Waals surface area contributed by atoms with Crippen molar-refractivity contribution in [2.45, 2.75) is 20.8 Å². The Morgan fingerprint density at radius 1 is 1.25 bits per heavy atom. The van der Waals surface area contributed by atoms with E-state index >= 15 is 0 Å². The van der Waals surface area contributed by atoms with Gasteiger partial charge in [-0.05, 0) is 44.5 Å². The number of H-pyrrole nitrogens is 1. The van der Waals surface area contributed by atoms with Crippen LogP contribution in [-0.4, -0.2) is 16.7 Å². The van der Waals surface area contributed by atoms with Gasteiger partial charge in [-0.3, -0.25) is 0 Å². The van der Waals surface area contributed by atoms with Crippen molar-refractivity contribution in [3.8, 4) is 0 Å². The van der Waals surface area contributed by atoms with Gasteiger partial charge < -0.3 is 10.3 Å². The molecule has 1 heterocycles. The maximum atomic E-state index is 11.8. The molecule has 0 aliphatic rings. The lowest BCUT2D eigenvalue weighted by Crippen LogP contribution is -2.25. The largest absolute Gasteiger partial charge is 0.360 e. The number of anilines is 1. The molecule has 5 heteroatoms. The molecule has 104 valence electrons. The van der Waals surface area contributed by atoms with Gasteiger partial charge in [-0.2, -0.15) is 5.10 Å². The number of amides is 2. The molecular formula is C15H18N4O. The third-order valence-corrected chi connectivity index (χ3v) is 2.94. The predicted octanol–water partition coefficient (Wildman–Crippen LogP) is 3.18. The van der Waals surface area contributed by atoms with E-state index in [-0.39, 0.29) is 6.03 Å². The van der Waals surface area contributed by atoms with Crippen LogP contribution in [0.4, 0.5) is 10.5 Å². The molecule has 2 rings (SSSR count). The van der Waals surface area contributed by atoms with Crippen molar-refractivity contribution in [2.75, 3.05) is 5.32 Å². The molecule has 1 aromatic heterocycles. The maximum absolute atomic E-state index is 11.8. The SMILES string of the molecule is CC(=NNC(=O)Nc1ccc(C)cc1C)c1ccc[nH]1. The topological polar surface area (TPSA) is 69.3 Å². The van der Waals surface area contributed by atoms with Crippen LogP contribution in [-0.2, 0) is 0 Å². The van der Waals surface area contributed by atoms with E-state index in [0.29, 0.717) is 5.71 Å². The zero-order chi connectivity index (χ0) is 14.5. The summed E-state index contributed by atoms with van der Waals surface area (Å²) in [6.07, 6.45) is 1.81. The van der Waals surface area contributed by atoms with E-state index in [0.717, 1.165) is 22.5 Å². The third-order valence-electron chi connectivity index (χ3n) is 2.94. The van der Waals surface area contributed by atoms with Gasteiger partial charge in [0.15, 0.2) is 0 Å². The Balaban J connectivity index is 1.97. The summed E-state index contributed by atoms with van der Waals surface area (Å²) < 4.78 is 0. The highest BCUT2D eigenvalue weighted by molar-refractivity contribution is 5.98. The monoisotopic (exact) mass is 270 g/mol. The first-order valence-electron chi connectivity index (χ1n) is 6.38. The number of rotatable bonds is 3. The van der Waals surface area contributed by atoms with Crippen molar-refractivity contribution >= 4 is 17.4 Å². The van der Waals surface area contributed by atoms with Gasteiger partial charge in [0.1, 0.15) is 0 Å². The van der Waals surface area contributed by atoms with Gasteiger partial charge in [0, 0.05) is 11.9 Å². The number of aryl methyl sites for hydroxylation is 2. The Labute approximate surface area is 118 Å². The summed E-state index contributed by atoms with van der Waals surface area (Å²) in [5.74, 6) is 0. The molecule has 0 radical (unpaired) electrons. The van der Waals surface area contributed by atoms with Crippen molar-refractivity contribution in [1.29, 1.82) is 0 Å². The predicted molar refractivity (Wildman–Crippen MR) is 81.1 cm³/mol. The number of carbonyl (C=O) groups is 1. The van der Waals surface area contributed by atoms with Gasteiger partial charge in [0.25, 0.3) is 0 Å². The number of hydrogen-bond acceptors (Lipinski definition) is 2. The van der Waals surface area contributed by atoms with Crippen LogP contribution in [0.15, 0.2) is 41.6 Å². The van der Waals surface area contributed by atoms with Crippen LogP contribution < -0.4 is 10.7 Å². The van der Waals surface area contributed by atoms with Gasteiger partial charge >= 0.3 is 6.03 Å². The lowest BCUT2D eigenvalue weighted by molar-refractivity contribution is 0.252. The minimum Gasteiger partial charge on any atom is -0.360 e. The van der Waals surface area contributed by atoms with E-state index in [1.54, 1.807) is 0 Å². The van der Waals surface area contributed by atoms with E-state index in [4.69, 9.17) is 0 Å². The second-order valence-electron chi connectivity index (χ2n) is 4.67.